The molecule has 1 aliphatic heterocycles. The van der Waals surface area contributed by atoms with Gasteiger partial charge in [0.2, 0.25) is 17.7 Å². The first-order valence-corrected chi connectivity index (χ1v) is 5.63. The van der Waals surface area contributed by atoms with Crippen molar-refractivity contribution in [3.8, 4) is 11.6 Å². The van der Waals surface area contributed by atoms with E-state index in [1.54, 1.807) is 12.3 Å². The fourth-order valence-corrected chi connectivity index (χ4v) is 1.96. The van der Waals surface area contributed by atoms with Crippen LogP contribution in [0, 0.1) is 0 Å². The summed E-state index contributed by atoms with van der Waals surface area (Å²) in [6, 6.07) is 3.60. The maximum Gasteiger partial charge on any atom is 0.230 e. The second kappa shape index (κ2) is 4.04. The number of hydrogen-bond donors (Lipinski definition) is 1. The number of furan rings is 1. The highest BCUT2D eigenvalue weighted by molar-refractivity contribution is 5.51. The van der Waals surface area contributed by atoms with Crippen molar-refractivity contribution in [3.63, 3.8) is 0 Å². The molecule has 3 heterocycles. The minimum Gasteiger partial charge on any atom is -0.461 e. The van der Waals surface area contributed by atoms with Crippen LogP contribution in [0.25, 0.3) is 11.6 Å². The standard InChI is InChI=1S/C11H13N5O/c12-10-13-9(8-4-3-7-17-8)14-11(15-10)16-5-1-2-6-16/h3-4,7H,1-2,5-6H2,(H2,12,13,14,15). The van der Waals surface area contributed by atoms with Gasteiger partial charge in [-0.2, -0.15) is 15.0 Å². The molecule has 0 radical (unpaired) electrons. The Morgan fingerprint density at radius 2 is 2.00 bits per heavy atom. The molecule has 0 amide bonds. The summed E-state index contributed by atoms with van der Waals surface area (Å²) in [7, 11) is 0. The molecule has 6 nitrogen and oxygen atoms in total. The Bertz CT molecular complexity index is 505. The van der Waals surface area contributed by atoms with Crippen LogP contribution in [0.3, 0.4) is 0 Å². The number of anilines is 2. The monoisotopic (exact) mass is 231 g/mol. The molecule has 88 valence electrons. The fraction of sp³-hybridized carbons (Fsp3) is 0.364. The van der Waals surface area contributed by atoms with Gasteiger partial charge in [-0.25, -0.2) is 0 Å². The highest BCUT2D eigenvalue weighted by atomic mass is 16.3. The smallest absolute Gasteiger partial charge is 0.230 e. The highest BCUT2D eigenvalue weighted by Gasteiger charge is 2.17. The second-order valence-electron chi connectivity index (χ2n) is 3.99. The molecule has 0 saturated carbocycles. The number of hydrogen-bond acceptors (Lipinski definition) is 6. The zero-order valence-electron chi connectivity index (χ0n) is 9.33. The van der Waals surface area contributed by atoms with Crippen LogP contribution >= 0.6 is 0 Å². The van der Waals surface area contributed by atoms with Gasteiger partial charge in [0.1, 0.15) is 0 Å². The summed E-state index contributed by atoms with van der Waals surface area (Å²) in [6.07, 6.45) is 3.92. The summed E-state index contributed by atoms with van der Waals surface area (Å²) in [5, 5.41) is 0. The molecule has 3 rings (SSSR count). The van der Waals surface area contributed by atoms with Gasteiger partial charge in [0.25, 0.3) is 0 Å². The van der Waals surface area contributed by atoms with Crippen LogP contribution in [-0.2, 0) is 0 Å². The Kier molecular flexibility index (Phi) is 2.40. The molecule has 1 fully saturated rings. The van der Waals surface area contributed by atoms with Crippen LogP contribution in [0.4, 0.5) is 11.9 Å². The number of rotatable bonds is 2. The summed E-state index contributed by atoms with van der Waals surface area (Å²) < 4.78 is 5.27. The molecule has 0 atom stereocenters. The number of nitrogens with zero attached hydrogens (tertiary/aromatic N) is 4. The molecule has 2 aromatic heterocycles. The van der Waals surface area contributed by atoms with E-state index in [4.69, 9.17) is 10.2 Å². The molecule has 6 heteroatoms. The van der Waals surface area contributed by atoms with E-state index in [0.717, 1.165) is 13.1 Å². The first-order chi connectivity index (χ1) is 8.33. The van der Waals surface area contributed by atoms with Gasteiger partial charge >= 0.3 is 0 Å². The second-order valence-corrected chi connectivity index (χ2v) is 3.99. The minimum absolute atomic E-state index is 0.230. The van der Waals surface area contributed by atoms with Crippen molar-refractivity contribution in [2.75, 3.05) is 23.7 Å². The Labute approximate surface area is 98.5 Å². The molecular formula is C11H13N5O. The van der Waals surface area contributed by atoms with Crippen LogP contribution in [-0.4, -0.2) is 28.0 Å². The molecular weight excluding hydrogens is 218 g/mol. The van der Waals surface area contributed by atoms with E-state index in [2.05, 4.69) is 19.9 Å². The topological polar surface area (TPSA) is 81.1 Å². The Balaban J connectivity index is 2.00. The first-order valence-electron chi connectivity index (χ1n) is 5.63. The Morgan fingerprint density at radius 1 is 1.18 bits per heavy atom. The van der Waals surface area contributed by atoms with E-state index in [9.17, 15) is 0 Å². The van der Waals surface area contributed by atoms with E-state index < -0.39 is 0 Å². The average Bonchev–Trinajstić information content (AvgIpc) is 3.02. The molecule has 0 aliphatic carbocycles. The molecule has 0 unspecified atom stereocenters. The lowest BCUT2D eigenvalue weighted by atomic mass is 10.4. The molecule has 1 saturated heterocycles. The molecule has 0 spiro atoms. The van der Waals surface area contributed by atoms with Crippen molar-refractivity contribution in [3.05, 3.63) is 18.4 Å². The SMILES string of the molecule is Nc1nc(-c2ccco2)nc(N2CCCC2)n1. The minimum atomic E-state index is 0.230. The third-order valence-corrected chi connectivity index (χ3v) is 2.77. The van der Waals surface area contributed by atoms with Crippen LogP contribution in [0.15, 0.2) is 22.8 Å². The maximum absolute atomic E-state index is 5.70. The summed E-state index contributed by atoms with van der Waals surface area (Å²) in [6.45, 7) is 1.95. The third-order valence-electron chi connectivity index (χ3n) is 2.77. The van der Waals surface area contributed by atoms with Crippen LogP contribution in [0.1, 0.15) is 12.8 Å². The van der Waals surface area contributed by atoms with Gasteiger partial charge in [-0.05, 0) is 25.0 Å². The summed E-state index contributed by atoms with van der Waals surface area (Å²) in [5.41, 5.74) is 5.70. The number of nitrogen functional groups attached to an aromatic ring is 1. The largest absolute Gasteiger partial charge is 0.461 e. The highest BCUT2D eigenvalue weighted by Crippen LogP contribution is 2.21. The van der Waals surface area contributed by atoms with E-state index in [0.29, 0.717) is 17.5 Å². The Morgan fingerprint density at radius 3 is 2.71 bits per heavy atom. The molecule has 17 heavy (non-hydrogen) atoms. The molecule has 2 N–H and O–H groups in total. The van der Waals surface area contributed by atoms with Gasteiger partial charge in [-0.1, -0.05) is 0 Å². The van der Waals surface area contributed by atoms with E-state index in [1.807, 2.05) is 6.07 Å². The molecule has 2 aromatic rings. The predicted octanol–water partition coefficient (Wildman–Crippen LogP) is 1.31. The van der Waals surface area contributed by atoms with Crippen molar-refractivity contribution in [2.24, 2.45) is 0 Å². The average molecular weight is 231 g/mol. The lowest BCUT2D eigenvalue weighted by molar-refractivity contribution is 0.576. The van der Waals surface area contributed by atoms with Crippen molar-refractivity contribution in [1.29, 1.82) is 0 Å². The van der Waals surface area contributed by atoms with Crippen molar-refractivity contribution >= 4 is 11.9 Å². The zero-order chi connectivity index (χ0) is 11.7. The number of aromatic nitrogens is 3. The van der Waals surface area contributed by atoms with Crippen LogP contribution in [0.2, 0.25) is 0 Å². The first kappa shape index (κ1) is 10.1. The van der Waals surface area contributed by atoms with E-state index in [-0.39, 0.29) is 5.95 Å². The zero-order valence-corrected chi connectivity index (χ0v) is 9.33. The lowest BCUT2D eigenvalue weighted by Crippen LogP contribution is -2.21. The maximum atomic E-state index is 5.70. The van der Waals surface area contributed by atoms with Gasteiger partial charge in [0.15, 0.2) is 5.76 Å². The van der Waals surface area contributed by atoms with Gasteiger partial charge in [0.05, 0.1) is 6.26 Å². The van der Waals surface area contributed by atoms with Gasteiger partial charge in [0, 0.05) is 13.1 Å². The van der Waals surface area contributed by atoms with Gasteiger partial charge < -0.3 is 15.1 Å². The number of nitrogens with two attached hydrogens (primary N) is 1. The normalized spacial score (nSPS) is 15.4. The van der Waals surface area contributed by atoms with Gasteiger partial charge in [-0.15, -0.1) is 0 Å². The Hall–Kier alpha value is -2.11. The van der Waals surface area contributed by atoms with Crippen molar-refractivity contribution in [1.82, 2.24) is 15.0 Å². The molecule has 1 aliphatic rings. The quantitative estimate of drug-likeness (QED) is 0.839. The van der Waals surface area contributed by atoms with E-state index in [1.165, 1.54) is 12.8 Å². The summed E-state index contributed by atoms with van der Waals surface area (Å²) in [5.74, 6) is 1.97. The molecule has 0 aromatic carbocycles. The summed E-state index contributed by atoms with van der Waals surface area (Å²) in [4.78, 5) is 14.8. The molecule has 0 bridgehead atoms. The van der Waals surface area contributed by atoms with Crippen LogP contribution < -0.4 is 10.6 Å². The van der Waals surface area contributed by atoms with Gasteiger partial charge in [-0.3, -0.25) is 0 Å². The van der Waals surface area contributed by atoms with Crippen molar-refractivity contribution in [2.45, 2.75) is 12.8 Å². The lowest BCUT2D eigenvalue weighted by Gasteiger charge is -2.15. The van der Waals surface area contributed by atoms with Crippen LogP contribution in [0.5, 0.6) is 0 Å². The third kappa shape index (κ3) is 1.93. The van der Waals surface area contributed by atoms with E-state index >= 15 is 0 Å². The predicted molar refractivity (Wildman–Crippen MR) is 63.4 cm³/mol. The summed E-state index contributed by atoms with van der Waals surface area (Å²) >= 11 is 0. The van der Waals surface area contributed by atoms with Crippen molar-refractivity contribution < 1.29 is 4.42 Å². The fourth-order valence-electron chi connectivity index (χ4n) is 1.96.